The Morgan fingerprint density at radius 3 is 2.71 bits per heavy atom. The number of aliphatic hydroxyl groups excluding tert-OH is 1. The van der Waals surface area contributed by atoms with E-state index in [-0.39, 0.29) is 25.7 Å². The highest BCUT2D eigenvalue weighted by molar-refractivity contribution is 5.88. The van der Waals surface area contributed by atoms with Gasteiger partial charge in [0.1, 0.15) is 11.9 Å². The first-order chi connectivity index (χ1) is 17.0. The summed E-state index contributed by atoms with van der Waals surface area (Å²) in [6.45, 7) is 0.869. The molecule has 0 spiro atoms. The number of amides is 1. The number of aliphatic hydroxyl groups is 1. The van der Waals surface area contributed by atoms with E-state index in [2.05, 4.69) is 22.8 Å². The van der Waals surface area contributed by atoms with Crippen molar-refractivity contribution in [2.75, 3.05) is 25.1 Å². The Morgan fingerprint density at radius 2 is 1.97 bits per heavy atom. The first kappa shape index (κ1) is 25.1. The van der Waals surface area contributed by atoms with Crippen LogP contribution in [0, 0.1) is 5.92 Å². The van der Waals surface area contributed by atoms with Crippen molar-refractivity contribution < 1.29 is 24.5 Å². The molecule has 1 aliphatic carbocycles. The number of anilines is 1. The minimum Gasteiger partial charge on any atom is -0.480 e. The maximum Gasteiger partial charge on any atom is 0.326 e. The molecular formula is C27H35N3O5. The van der Waals surface area contributed by atoms with Crippen LogP contribution in [-0.4, -0.2) is 59.0 Å². The van der Waals surface area contributed by atoms with Crippen molar-refractivity contribution in [3.8, 4) is 0 Å². The number of carboxylic acid groups (broad SMARTS) is 1. The molecule has 0 bridgehead atoms. The van der Waals surface area contributed by atoms with Crippen molar-refractivity contribution in [2.24, 2.45) is 5.92 Å². The molecule has 2 atom stereocenters. The molecule has 4 N–H and O–H groups in total. The number of aryl methyl sites for hydroxylation is 2. The van der Waals surface area contributed by atoms with Crippen LogP contribution < -0.4 is 10.6 Å². The van der Waals surface area contributed by atoms with Crippen LogP contribution in [0.5, 0.6) is 0 Å². The van der Waals surface area contributed by atoms with Gasteiger partial charge in [0, 0.05) is 25.3 Å². The molecule has 1 fully saturated rings. The van der Waals surface area contributed by atoms with Gasteiger partial charge >= 0.3 is 5.97 Å². The maximum atomic E-state index is 12.6. The molecule has 1 aromatic carbocycles. The smallest absolute Gasteiger partial charge is 0.326 e. The van der Waals surface area contributed by atoms with Gasteiger partial charge in [0.15, 0.2) is 0 Å². The van der Waals surface area contributed by atoms with E-state index in [4.69, 9.17) is 9.72 Å². The van der Waals surface area contributed by atoms with Gasteiger partial charge in [0.2, 0.25) is 5.91 Å². The summed E-state index contributed by atoms with van der Waals surface area (Å²) in [5, 5.41) is 25.1. The lowest BCUT2D eigenvalue weighted by Gasteiger charge is -2.35. The van der Waals surface area contributed by atoms with Crippen LogP contribution >= 0.6 is 0 Å². The summed E-state index contributed by atoms with van der Waals surface area (Å²) in [4.78, 5) is 29.0. The second-order valence-corrected chi connectivity index (χ2v) is 9.54. The molecule has 1 saturated carbocycles. The fraction of sp³-hybridized carbons (Fsp3) is 0.519. The Kier molecular flexibility index (Phi) is 8.71. The summed E-state index contributed by atoms with van der Waals surface area (Å²) in [6, 6.07) is 12.1. The minimum atomic E-state index is -1.11. The average Bonchev–Trinajstić information content (AvgIpc) is 2.85. The number of hydrogen-bond acceptors (Lipinski definition) is 6. The lowest BCUT2D eigenvalue weighted by molar-refractivity contribution is -0.143. The van der Waals surface area contributed by atoms with E-state index in [1.165, 1.54) is 5.56 Å². The van der Waals surface area contributed by atoms with E-state index < -0.39 is 23.8 Å². The molecule has 0 radical (unpaired) electrons. The van der Waals surface area contributed by atoms with Crippen LogP contribution in [0.1, 0.15) is 54.8 Å². The molecule has 35 heavy (non-hydrogen) atoms. The summed E-state index contributed by atoms with van der Waals surface area (Å²) in [7, 11) is 0. The zero-order valence-electron chi connectivity index (χ0n) is 20.0. The first-order valence-corrected chi connectivity index (χ1v) is 12.6. The van der Waals surface area contributed by atoms with Gasteiger partial charge in [0.25, 0.3) is 0 Å². The molecule has 8 heteroatoms. The number of aromatic nitrogens is 1. The number of carbonyl (C=O) groups excluding carboxylic acids is 1. The minimum absolute atomic E-state index is 0.137. The third-order valence-corrected chi connectivity index (χ3v) is 7.03. The van der Waals surface area contributed by atoms with Crippen LogP contribution in [0.2, 0.25) is 0 Å². The lowest BCUT2D eigenvalue weighted by Crippen LogP contribution is -2.44. The second-order valence-electron chi connectivity index (χ2n) is 9.54. The summed E-state index contributed by atoms with van der Waals surface area (Å²) in [5.41, 5.74) is 3.08. The molecule has 1 aliphatic heterocycles. The van der Waals surface area contributed by atoms with Gasteiger partial charge in [-0.05, 0) is 61.6 Å². The largest absolute Gasteiger partial charge is 0.480 e. The zero-order chi connectivity index (χ0) is 24.6. The Balaban J connectivity index is 1.15. The molecule has 0 unspecified atom stereocenters. The Morgan fingerprint density at radius 1 is 1.17 bits per heavy atom. The van der Waals surface area contributed by atoms with E-state index in [9.17, 15) is 19.8 Å². The number of ether oxygens (including phenoxy) is 1. The quantitative estimate of drug-likeness (QED) is 0.368. The standard InChI is InChI=1S/C27H35N3O5/c31-17-23(19-5-2-1-3-6-19)26(32)30-24(27(33)34)12-14-35-22-15-18(16-22)8-10-21-11-9-20-7-4-13-28-25(20)29-21/h1-3,5-6,9,11,18,22-24,31H,4,7-8,10,12-17H2,(H,28,29)(H,30,32)(H,33,34)/t18?,22?,23-,24-/m0/s1. The number of nitrogens with one attached hydrogen (secondary N) is 2. The highest BCUT2D eigenvalue weighted by Gasteiger charge is 2.31. The fourth-order valence-corrected chi connectivity index (χ4v) is 4.81. The molecule has 8 nitrogen and oxygen atoms in total. The van der Waals surface area contributed by atoms with Crippen LogP contribution in [-0.2, 0) is 27.2 Å². The number of fused-ring (bicyclic) bond motifs is 1. The van der Waals surface area contributed by atoms with Crippen molar-refractivity contribution >= 4 is 17.7 Å². The third kappa shape index (κ3) is 6.80. The maximum absolute atomic E-state index is 12.6. The lowest BCUT2D eigenvalue weighted by atomic mass is 9.79. The topological polar surface area (TPSA) is 121 Å². The average molecular weight is 482 g/mol. The van der Waals surface area contributed by atoms with Gasteiger partial charge in [-0.1, -0.05) is 36.4 Å². The fourth-order valence-electron chi connectivity index (χ4n) is 4.81. The predicted molar refractivity (Wildman–Crippen MR) is 132 cm³/mol. The van der Waals surface area contributed by atoms with Crippen molar-refractivity contribution in [3.63, 3.8) is 0 Å². The van der Waals surface area contributed by atoms with E-state index in [1.807, 2.05) is 6.07 Å². The zero-order valence-corrected chi connectivity index (χ0v) is 20.0. The number of carbonyl (C=O) groups is 2. The molecule has 4 rings (SSSR count). The van der Waals surface area contributed by atoms with Crippen molar-refractivity contribution in [2.45, 2.75) is 63.0 Å². The summed E-state index contributed by atoms with van der Waals surface area (Å²) in [6.07, 6.45) is 6.53. The van der Waals surface area contributed by atoms with Gasteiger partial charge in [0.05, 0.1) is 18.6 Å². The van der Waals surface area contributed by atoms with Crippen LogP contribution in [0.25, 0.3) is 0 Å². The molecule has 2 aromatic rings. The van der Waals surface area contributed by atoms with Gasteiger partial charge in [-0.15, -0.1) is 0 Å². The molecular weight excluding hydrogens is 446 g/mol. The normalized spacial score (nSPS) is 20.6. The third-order valence-electron chi connectivity index (χ3n) is 7.03. The Bertz CT molecular complexity index is 994. The van der Waals surface area contributed by atoms with Gasteiger partial charge in [-0.25, -0.2) is 9.78 Å². The van der Waals surface area contributed by atoms with Gasteiger partial charge in [-0.2, -0.15) is 0 Å². The van der Waals surface area contributed by atoms with Gasteiger partial charge in [-0.3, -0.25) is 4.79 Å². The first-order valence-electron chi connectivity index (χ1n) is 12.6. The number of hydrogen-bond donors (Lipinski definition) is 4. The number of benzene rings is 1. The summed E-state index contributed by atoms with van der Waals surface area (Å²) < 4.78 is 5.88. The second kappa shape index (κ2) is 12.1. The SMILES string of the molecule is O=C(O)[C@H](CCOC1CC(CCc2ccc3c(n2)NCCC3)C1)NC(=O)[C@@H](CO)c1ccccc1. The molecule has 1 aromatic heterocycles. The van der Waals surface area contributed by atoms with E-state index >= 15 is 0 Å². The summed E-state index contributed by atoms with van der Waals surface area (Å²) in [5.74, 6) is -0.771. The van der Waals surface area contributed by atoms with Crippen LogP contribution in [0.3, 0.4) is 0 Å². The van der Waals surface area contributed by atoms with Crippen molar-refractivity contribution in [1.82, 2.24) is 10.3 Å². The number of carboxylic acids is 1. The number of aliphatic carboxylic acids is 1. The summed E-state index contributed by atoms with van der Waals surface area (Å²) >= 11 is 0. The number of nitrogens with zero attached hydrogens (tertiary/aromatic N) is 1. The van der Waals surface area contributed by atoms with Crippen LogP contribution in [0.15, 0.2) is 42.5 Å². The van der Waals surface area contributed by atoms with Crippen LogP contribution in [0.4, 0.5) is 5.82 Å². The monoisotopic (exact) mass is 481 g/mol. The molecule has 188 valence electrons. The van der Waals surface area contributed by atoms with Gasteiger partial charge < -0.3 is 25.6 Å². The van der Waals surface area contributed by atoms with E-state index in [0.717, 1.165) is 56.6 Å². The Hall–Kier alpha value is -2.97. The highest BCUT2D eigenvalue weighted by Crippen LogP contribution is 2.34. The molecule has 2 aliphatic rings. The number of pyridine rings is 1. The number of rotatable bonds is 12. The van der Waals surface area contributed by atoms with Crippen molar-refractivity contribution in [3.05, 3.63) is 59.3 Å². The molecule has 0 saturated heterocycles. The highest BCUT2D eigenvalue weighted by atomic mass is 16.5. The van der Waals surface area contributed by atoms with Crippen molar-refractivity contribution in [1.29, 1.82) is 0 Å². The Labute approximate surface area is 206 Å². The van der Waals surface area contributed by atoms with E-state index in [1.54, 1.807) is 24.3 Å². The van der Waals surface area contributed by atoms with E-state index in [0.29, 0.717) is 11.5 Å². The molecule has 1 amide bonds. The predicted octanol–water partition coefficient (Wildman–Crippen LogP) is 2.90. The molecule has 2 heterocycles.